The van der Waals surface area contributed by atoms with E-state index in [4.69, 9.17) is 11.6 Å². The highest BCUT2D eigenvalue weighted by Gasteiger charge is 1.96. The summed E-state index contributed by atoms with van der Waals surface area (Å²) in [6.07, 6.45) is 0. The number of nitrogens with one attached hydrogen (secondary N) is 1. The topological polar surface area (TPSA) is 32.3 Å². The predicted octanol–water partition coefficient (Wildman–Crippen LogP) is 3.66. The fraction of sp³-hybridized carbons (Fsp3) is 0.0769. The maximum absolute atomic E-state index is 9.29. The fourth-order valence-electron chi connectivity index (χ4n) is 1.47. The number of rotatable bonds is 3. The van der Waals surface area contributed by atoms with Crippen molar-refractivity contribution in [2.24, 2.45) is 0 Å². The SMILES string of the molecule is Oc1cccc(NCc2cccc(Cl)c2)c1. The van der Waals surface area contributed by atoms with Crippen LogP contribution in [0.5, 0.6) is 5.75 Å². The van der Waals surface area contributed by atoms with Crippen molar-refractivity contribution >= 4 is 17.3 Å². The summed E-state index contributed by atoms with van der Waals surface area (Å²) in [5.74, 6) is 0.260. The molecule has 0 aromatic heterocycles. The van der Waals surface area contributed by atoms with Gasteiger partial charge in [-0.05, 0) is 29.8 Å². The summed E-state index contributed by atoms with van der Waals surface area (Å²) >= 11 is 5.88. The normalized spacial score (nSPS) is 10.1. The van der Waals surface area contributed by atoms with Crippen LogP contribution in [0.3, 0.4) is 0 Å². The molecule has 0 atom stereocenters. The van der Waals surface area contributed by atoms with Crippen LogP contribution in [0.2, 0.25) is 5.02 Å². The van der Waals surface area contributed by atoms with Crippen LogP contribution in [0.25, 0.3) is 0 Å². The Kier molecular flexibility index (Phi) is 3.32. The zero-order chi connectivity index (χ0) is 11.4. The lowest BCUT2D eigenvalue weighted by Crippen LogP contribution is -1.98. The molecule has 0 aliphatic carbocycles. The molecule has 0 fully saturated rings. The molecule has 0 amide bonds. The van der Waals surface area contributed by atoms with Gasteiger partial charge in [-0.15, -0.1) is 0 Å². The van der Waals surface area contributed by atoms with Gasteiger partial charge in [0.25, 0.3) is 0 Å². The first-order chi connectivity index (χ1) is 7.74. The van der Waals surface area contributed by atoms with Crippen molar-refractivity contribution in [3.8, 4) is 5.75 Å². The summed E-state index contributed by atoms with van der Waals surface area (Å²) in [6.45, 7) is 0.685. The summed E-state index contributed by atoms with van der Waals surface area (Å²) < 4.78 is 0. The standard InChI is InChI=1S/C13H12ClNO/c14-11-4-1-3-10(7-11)9-15-12-5-2-6-13(16)8-12/h1-8,15-16H,9H2. The number of phenols is 1. The molecule has 0 unspecified atom stereocenters. The number of anilines is 1. The molecule has 0 bridgehead atoms. The van der Waals surface area contributed by atoms with E-state index >= 15 is 0 Å². The van der Waals surface area contributed by atoms with Crippen LogP contribution in [-0.2, 0) is 6.54 Å². The van der Waals surface area contributed by atoms with Crippen molar-refractivity contribution in [1.29, 1.82) is 0 Å². The van der Waals surface area contributed by atoms with Crippen LogP contribution in [0, 0.1) is 0 Å². The van der Waals surface area contributed by atoms with E-state index in [0.717, 1.165) is 16.3 Å². The minimum Gasteiger partial charge on any atom is -0.508 e. The maximum Gasteiger partial charge on any atom is 0.117 e. The fourth-order valence-corrected chi connectivity index (χ4v) is 1.68. The third kappa shape index (κ3) is 2.91. The Labute approximate surface area is 99.5 Å². The van der Waals surface area contributed by atoms with Crippen LogP contribution >= 0.6 is 11.6 Å². The van der Waals surface area contributed by atoms with Crippen LogP contribution in [0.15, 0.2) is 48.5 Å². The van der Waals surface area contributed by atoms with Gasteiger partial charge in [-0.2, -0.15) is 0 Å². The Morgan fingerprint density at radius 1 is 1.06 bits per heavy atom. The molecule has 2 aromatic rings. The van der Waals surface area contributed by atoms with E-state index in [1.165, 1.54) is 0 Å². The summed E-state index contributed by atoms with van der Waals surface area (Å²) in [6, 6.07) is 14.7. The third-order valence-electron chi connectivity index (χ3n) is 2.23. The van der Waals surface area contributed by atoms with E-state index in [9.17, 15) is 5.11 Å². The lowest BCUT2D eigenvalue weighted by atomic mass is 10.2. The van der Waals surface area contributed by atoms with Gasteiger partial charge < -0.3 is 10.4 Å². The highest BCUT2D eigenvalue weighted by atomic mass is 35.5. The molecule has 2 nitrogen and oxygen atoms in total. The minimum absolute atomic E-state index is 0.260. The van der Waals surface area contributed by atoms with Gasteiger partial charge in [0.2, 0.25) is 0 Å². The molecule has 0 saturated heterocycles. The van der Waals surface area contributed by atoms with Crippen LogP contribution < -0.4 is 5.32 Å². The van der Waals surface area contributed by atoms with Crippen molar-refractivity contribution in [2.45, 2.75) is 6.54 Å². The second-order valence-corrected chi connectivity index (χ2v) is 3.97. The van der Waals surface area contributed by atoms with Gasteiger partial charge in [-0.25, -0.2) is 0 Å². The average Bonchev–Trinajstić information content (AvgIpc) is 2.27. The molecular formula is C13H12ClNO. The second kappa shape index (κ2) is 4.90. The molecule has 0 spiro atoms. The first kappa shape index (κ1) is 10.8. The van der Waals surface area contributed by atoms with E-state index in [0.29, 0.717) is 6.54 Å². The highest BCUT2D eigenvalue weighted by Crippen LogP contribution is 2.17. The Hall–Kier alpha value is -1.67. The Balaban J connectivity index is 2.02. The Bertz CT molecular complexity index is 439. The highest BCUT2D eigenvalue weighted by molar-refractivity contribution is 6.30. The lowest BCUT2D eigenvalue weighted by Gasteiger charge is -2.06. The van der Waals surface area contributed by atoms with Crippen molar-refractivity contribution in [2.75, 3.05) is 5.32 Å². The van der Waals surface area contributed by atoms with Gasteiger partial charge in [0.15, 0.2) is 0 Å². The molecule has 16 heavy (non-hydrogen) atoms. The van der Waals surface area contributed by atoms with Crippen molar-refractivity contribution in [3.63, 3.8) is 0 Å². The average molecular weight is 234 g/mol. The first-order valence-corrected chi connectivity index (χ1v) is 5.39. The summed E-state index contributed by atoms with van der Waals surface area (Å²) in [4.78, 5) is 0. The number of halogens is 1. The molecular weight excluding hydrogens is 222 g/mol. The Morgan fingerprint density at radius 2 is 1.88 bits per heavy atom. The van der Waals surface area contributed by atoms with Gasteiger partial charge in [-0.1, -0.05) is 29.8 Å². The lowest BCUT2D eigenvalue weighted by molar-refractivity contribution is 0.475. The monoisotopic (exact) mass is 233 g/mol. The van der Waals surface area contributed by atoms with Crippen LogP contribution in [0.1, 0.15) is 5.56 Å². The van der Waals surface area contributed by atoms with E-state index in [-0.39, 0.29) is 5.75 Å². The zero-order valence-corrected chi connectivity index (χ0v) is 9.41. The van der Waals surface area contributed by atoms with E-state index in [1.54, 1.807) is 18.2 Å². The van der Waals surface area contributed by atoms with E-state index in [1.807, 2.05) is 30.3 Å². The summed E-state index contributed by atoms with van der Waals surface area (Å²) in [5.41, 5.74) is 2.00. The largest absolute Gasteiger partial charge is 0.508 e. The van der Waals surface area contributed by atoms with Crippen LogP contribution in [0.4, 0.5) is 5.69 Å². The number of benzene rings is 2. The van der Waals surface area contributed by atoms with Gasteiger partial charge in [0.1, 0.15) is 5.75 Å². The summed E-state index contributed by atoms with van der Waals surface area (Å²) in [7, 11) is 0. The quantitative estimate of drug-likeness (QED) is 0.848. The molecule has 82 valence electrons. The molecule has 2 rings (SSSR count). The molecule has 2 N–H and O–H groups in total. The third-order valence-corrected chi connectivity index (χ3v) is 2.47. The number of phenolic OH excluding ortho intramolecular Hbond substituents is 1. The molecule has 0 saturated carbocycles. The molecule has 0 radical (unpaired) electrons. The van der Waals surface area contributed by atoms with Gasteiger partial charge in [-0.3, -0.25) is 0 Å². The van der Waals surface area contributed by atoms with Crippen molar-refractivity contribution < 1.29 is 5.11 Å². The van der Waals surface area contributed by atoms with Crippen molar-refractivity contribution in [1.82, 2.24) is 0 Å². The Morgan fingerprint density at radius 3 is 2.62 bits per heavy atom. The minimum atomic E-state index is 0.260. The van der Waals surface area contributed by atoms with Gasteiger partial charge in [0.05, 0.1) is 0 Å². The van der Waals surface area contributed by atoms with E-state index in [2.05, 4.69) is 5.32 Å². The van der Waals surface area contributed by atoms with Gasteiger partial charge >= 0.3 is 0 Å². The molecule has 0 aliphatic heterocycles. The summed E-state index contributed by atoms with van der Waals surface area (Å²) in [5, 5.41) is 13.2. The van der Waals surface area contributed by atoms with E-state index < -0.39 is 0 Å². The molecule has 2 aromatic carbocycles. The van der Waals surface area contributed by atoms with Crippen LogP contribution in [-0.4, -0.2) is 5.11 Å². The number of aromatic hydroxyl groups is 1. The van der Waals surface area contributed by atoms with Crippen molar-refractivity contribution in [3.05, 3.63) is 59.1 Å². The molecule has 0 aliphatic rings. The first-order valence-electron chi connectivity index (χ1n) is 5.01. The zero-order valence-electron chi connectivity index (χ0n) is 8.65. The maximum atomic E-state index is 9.29. The molecule has 0 heterocycles. The van der Waals surface area contributed by atoms with Gasteiger partial charge in [0, 0.05) is 23.3 Å². The smallest absolute Gasteiger partial charge is 0.117 e. The second-order valence-electron chi connectivity index (χ2n) is 3.53. The number of hydrogen-bond donors (Lipinski definition) is 2. The number of hydrogen-bond acceptors (Lipinski definition) is 2. The molecule has 3 heteroatoms. The predicted molar refractivity (Wildman–Crippen MR) is 66.9 cm³/mol.